The fraction of sp³-hybridized carbons (Fsp3) is 0.613. The van der Waals surface area contributed by atoms with E-state index < -0.39 is 32.5 Å². The highest BCUT2D eigenvalue weighted by Gasteiger charge is 2.25. The molecule has 0 aromatic carbocycles. The van der Waals surface area contributed by atoms with Gasteiger partial charge in [-0.2, -0.15) is 0 Å². The molecule has 0 aromatic rings. The predicted molar refractivity (Wildman–Crippen MR) is 164 cm³/mol. The van der Waals surface area contributed by atoms with Crippen LogP contribution in [0.2, 0.25) is 0 Å². The lowest BCUT2D eigenvalue weighted by Crippen LogP contribution is -2.29. The number of nitrogens with two attached hydrogens (primary N) is 1. The Hall–Kier alpha value is -2.29. The minimum absolute atomic E-state index is 0.0394. The van der Waals surface area contributed by atoms with E-state index in [4.69, 9.17) is 24.3 Å². The Labute approximate surface area is 247 Å². The number of rotatable bonds is 26. The van der Waals surface area contributed by atoms with Crippen LogP contribution in [0.4, 0.5) is 0 Å². The molecule has 0 aliphatic heterocycles. The molecule has 234 valence electrons. The maximum atomic E-state index is 12.4. The van der Waals surface area contributed by atoms with Crippen molar-refractivity contribution in [3.8, 4) is 0 Å². The van der Waals surface area contributed by atoms with Gasteiger partial charge in [-0.3, -0.25) is 18.6 Å². The van der Waals surface area contributed by atoms with Gasteiger partial charge in [0.15, 0.2) is 6.10 Å². The molecule has 0 aromatic heterocycles. The molecule has 3 N–H and O–H groups in total. The lowest BCUT2D eigenvalue weighted by atomic mass is 10.1. The molecule has 0 fully saturated rings. The standard InChI is InChI=1S/C31H52NO8P/c1-3-5-7-9-11-12-13-14-15-16-18-20-22-24-31(34)40-29(28-39-41(35,36)38-26-25-32)27-37-30(33)23-21-19-17-10-8-6-4-2/h5,7,9,11-16,18,29H,3-4,6,8,10,17,19-28,32H2,1-2H3,(H,35,36)/b7-5+,11-9+,13-12+,15-14+,18-16+. The van der Waals surface area contributed by atoms with Crippen LogP contribution >= 0.6 is 7.82 Å². The Morgan fingerprint density at radius 1 is 0.756 bits per heavy atom. The molecule has 0 rings (SSSR count). The zero-order chi connectivity index (χ0) is 30.4. The normalized spacial score (nSPS) is 14.5. The monoisotopic (exact) mass is 597 g/mol. The number of carbonyl (C=O) groups excluding carboxylic acids is 2. The van der Waals surface area contributed by atoms with Crippen LogP contribution in [-0.2, 0) is 32.7 Å². The van der Waals surface area contributed by atoms with Crippen molar-refractivity contribution in [3.05, 3.63) is 60.8 Å². The van der Waals surface area contributed by atoms with Gasteiger partial charge in [0.2, 0.25) is 0 Å². The fourth-order valence-electron chi connectivity index (χ4n) is 3.37. The topological polar surface area (TPSA) is 134 Å². The molecule has 2 unspecified atom stereocenters. The van der Waals surface area contributed by atoms with Crippen molar-refractivity contribution in [2.45, 2.75) is 97.0 Å². The van der Waals surface area contributed by atoms with Gasteiger partial charge in [-0.1, -0.05) is 113 Å². The number of ether oxygens (including phenoxy) is 2. The van der Waals surface area contributed by atoms with Crippen molar-refractivity contribution in [1.82, 2.24) is 0 Å². The predicted octanol–water partition coefficient (Wildman–Crippen LogP) is 7.04. The molecule has 0 saturated carbocycles. The number of hydrogen-bond acceptors (Lipinski definition) is 8. The fourth-order valence-corrected chi connectivity index (χ4v) is 4.13. The van der Waals surface area contributed by atoms with Crippen LogP contribution < -0.4 is 5.73 Å². The third-order valence-electron chi connectivity index (χ3n) is 5.55. The summed E-state index contributed by atoms with van der Waals surface area (Å²) < 4.78 is 32.2. The van der Waals surface area contributed by atoms with Gasteiger partial charge >= 0.3 is 19.8 Å². The minimum Gasteiger partial charge on any atom is -0.462 e. The van der Waals surface area contributed by atoms with Gasteiger partial charge < -0.3 is 20.1 Å². The van der Waals surface area contributed by atoms with Crippen molar-refractivity contribution in [2.24, 2.45) is 5.73 Å². The van der Waals surface area contributed by atoms with Crippen LogP contribution in [0.5, 0.6) is 0 Å². The second-order valence-electron chi connectivity index (χ2n) is 9.36. The smallest absolute Gasteiger partial charge is 0.462 e. The van der Waals surface area contributed by atoms with Gasteiger partial charge in [0.1, 0.15) is 6.61 Å². The number of esters is 2. The van der Waals surface area contributed by atoms with Crippen molar-refractivity contribution >= 4 is 19.8 Å². The summed E-state index contributed by atoms with van der Waals surface area (Å²) in [4.78, 5) is 34.3. The molecule has 0 spiro atoms. The van der Waals surface area contributed by atoms with Crippen LogP contribution in [0.15, 0.2) is 60.8 Å². The SMILES string of the molecule is CC/C=C/C=C/C=C/C=C/C=C/CCCC(=O)OC(COC(=O)CCCCCCCCC)COP(=O)(O)OCCN. The lowest BCUT2D eigenvalue weighted by Gasteiger charge is -2.19. The minimum atomic E-state index is -4.38. The lowest BCUT2D eigenvalue weighted by molar-refractivity contribution is -0.161. The summed E-state index contributed by atoms with van der Waals surface area (Å²) >= 11 is 0. The summed E-state index contributed by atoms with van der Waals surface area (Å²) in [6.45, 7) is 3.39. The Morgan fingerprint density at radius 2 is 1.34 bits per heavy atom. The molecule has 0 bridgehead atoms. The zero-order valence-corrected chi connectivity index (χ0v) is 25.9. The molecular weight excluding hydrogens is 545 g/mol. The van der Waals surface area contributed by atoms with Crippen LogP contribution in [0.3, 0.4) is 0 Å². The van der Waals surface area contributed by atoms with Crippen molar-refractivity contribution in [1.29, 1.82) is 0 Å². The highest BCUT2D eigenvalue weighted by atomic mass is 31.2. The Bertz CT molecular complexity index is 866. The molecule has 0 heterocycles. The number of allylic oxidation sites excluding steroid dienone is 10. The second kappa shape index (κ2) is 27.9. The van der Waals surface area contributed by atoms with Gasteiger partial charge in [0, 0.05) is 19.4 Å². The number of carbonyl (C=O) groups is 2. The molecule has 9 nitrogen and oxygen atoms in total. The average Bonchev–Trinajstić information content (AvgIpc) is 2.95. The summed E-state index contributed by atoms with van der Waals surface area (Å²) in [7, 11) is -4.38. The van der Waals surface area contributed by atoms with E-state index in [9.17, 15) is 19.0 Å². The summed E-state index contributed by atoms with van der Waals surface area (Å²) in [6.07, 6.45) is 28.6. The maximum Gasteiger partial charge on any atom is 0.472 e. The van der Waals surface area contributed by atoms with Crippen LogP contribution in [-0.4, -0.2) is 49.3 Å². The van der Waals surface area contributed by atoms with E-state index in [-0.39, 0.29) is 32.6 Å². The van der Waals surface area contributed by atoms with E-state index in [1.54, 1.807) is 0 Å². The zero-order valence-electron chi connectivity index (χ0n) is 25.0. The molecular formula is C31H52NO8P. The van der Waals surface area contributed by atoms with Gasteiger partial charge in [0.25, 0.3) is 0 Å². The molecule has 0 radical (unpaired) electrons. The highest BCUT2D eigenvalue weighted by molar-refractivity contribution is 7.47. The molecule has 10 heteroatoms. The number of phosphoric ester groups is 1. The first-order valence-electron chi connectivity index (χ1n) is 14.8. The molecule has 0 aliphatic rings. The summed E-state index contributed by atoms with van der Waals surface area (Å²) in [6, 6.07) is 0. The van der Waals surface area contributed by atoms with Gasteiger partial charge in [-0.15, -0.1) is 0 Å². The van der Waals surface area contributed by atoms with E-state index >= 15 is 0 Å². The number of hydrogen-bond donors (Lipinski definition) is 2. The van der Waals surface area contributed by atoms with E-state index in [1.165, 1.54) is 19.3 Å². The van der Waals surface area contributed by atoms with Gasteiger partial charge in [-0.25, -0.2) is 4.57 Å². The van der Waals surface area contributed by atoms with E-state index in [0.717, 1.165) is 32.1 Å². The van der Waals surface area contributed by atoms with Crippen molar-refractivity contribution < 1.29 is 37.6 Å². The summed E-state index contributed by atoms with van der Waals surface area (Å²) in [5, 5.41) is 0. The molecule has 0 amide bonds. The maximum absolute atomic E-state index is 12.4. The third-order valence-corrected chi connectivity index (χ3v) is 6.53. The van der Waals surface area contributed by atoms with Crippen LogP contribution in [0, 0.1) is 0 Å². The Balaban J connectivity index is 4.53. The van der Waals surface area contributed by atoms with Gasteiger partial charge in [-0.05, 0) is 25.7 Å². The molecule has 2 atom stereocenters. The summed E-state index contributed by atoms with van der Waals surface area (Å²) in [5.41, 5.74) is 5.29. The largest absolute Gasteiger partial charge is 0.472 e. The van der Waals surface area contributed by atoms with Crippen molar-refractivity contribution in [3.63, 3.8) is 0 Å². The highest BCUT2D eigenvalue weighted by Crippen LogP contribution is 2.43. The molecule has 0 saturated heterocycles. The summed E-state index contributed by atoms with van der Waals surface area (Å²) in [5.74, 6) is -0.934. The van der Waals surface area contributed by atoms with E-state index in [2.05, 4.69) is 19.9 Å². The number of phosphoric acid groups is 1. The third kappa shape index (κ3) is 27.6. The average molecular weight is 598 g/mol. The first kappa shape index (κ1) is 38.7. The van der Waals surface area contributed by atoms with Crippen molar-refractivity contribution in [2.75, 3.05) is 26.4 Å². The first-order valence-corrected chi connectivity index (χ1v) is 16.3. The Morgan fingerprint density at radius 3 is 1.98 bits per heavy atom. The van der Waals surface area contributed by atoms with Crippen LogP contribution in [0.1, 0.15) is 90.9 Å². The molecule has 41 heavy (non-hydrogen) atoms. The van der Waals surface area contributed by atoms with E-state index in [1.807, 2.05) is 54.7 Å². The number of unbranched alkanes of at least 4 members (excludes halogenated alkanes) is 7. The quantitative estimate of drug-likeness (QED) is 0.0466. The van der Waals surface area contributed by atoms with Gasteiger partial charge in [0.05, 0.1) is 13.2 Å². The van der Waals surface area contributed by atoms with Crippen LogP contribution in [0.25, 0.3) is 0 Å². The Kier molecular flexibility index (Phi) is 26.3. The first-order chi connectivity index (χ1) is 19.8. The van der Waals surface area contributed by atoms with E-state index in [0.29, 0.717) is 12.8 Å². The second-order valence-corrected chi connectivity index (χ2v) is 10.8. The molecule has 0 aliphatic carbocycles.